The molecule has 19 heavy (non-hydrogen) atoms. The highest BCUT2D eigenvalue weighted by molar-refractivity contribution is 5.83. The number of hydrogen-bond acceptors (Lipinski definition) is 2. The van der Waals surface area contributed by atoms with Crippen molar-refractivity contribution >= 4 is 11.9 Å². The number of rotatable bonds is 11. The van der Waals surface area contributed by atoms with Crippen molar-refractivity contribution in [3.05, 3.63) is 12.2 Å². The fraction of sp³-hybridized carbons (Fsp3) is 0.733. The van der Waals surface area contributed by atoms with Gasteiger partial charge in [0.05, 0.1) is 0 Å². The molecule has 0 aliphatic heterocycles. The number of carbonyl (C=O) groups is 2. The van der Waals surface area contributed by atoms with Crippen LogP contribution in [0.25, 0.3) is 0 Å². The molecule has 1 amide bonds. The number of unbranched alkanes of at least 4 members (excludes halogenated alkanes) is 5. The van der Waals surface area contributed by atoms with Crippen LogP contribution in [0.4, 0.5) is 0 Å². The van der Waals surface area contributed by atoms with Gasteiger partial charge in [-0.2, -0.15) is 0 Å². The maximum absolute atomic E-state index is 11.4. The van der Waals surface area contributed by atoms with Gasteiger partial charge in [-0.05, 0) is 32.6 Å². The molecule has 110 valence electrons. The van der Waals surface area contributed by atoms with Crippen LogP contribution in [0.2, 0.25) is 0 Å². The van der Waals surface area contributed by atoms with Gasteiger partial charge in [0, 0.05) is 6.42 Å². The molecule has 0 aromatic rings. The predicted molar refractivity (Wildman–Crippen MR) is 77.0 cm³/mol. The summed E-state index contributed by atoms with van der Waals surface area (Å²) in [6.07, 6.45) is 12.5. The van der Waals surface area contributed by atoms with Crippen LogP contribution in [0.15, 0.2) is 12.2 Å². The first kappa shape index (κ1) is 17.7. The van der Waals surface area contributed by atoms with E-state index in [2.05, 4.69) is 24.4 Å². The summed E-state index contributed by atoms with van der Waals surface area (Å²) in [5.74, 6) is -1.19. The molecule has 0 aromatic carbocycles. The van der Waals surface area contributed by atoms with Crippen molar-refractivity contribution in [2.45, 2.75) is 71.3 Å². The highest BCUT2D eigenvalue weighted by Gasteiger charge is 2.12. The molecule has 2 N–H and O–H groups in total. The zero-order valence-corrected chi connectivity index (χ0v) is 12.2. The second kappa shape index (κ2) is 11.8. The number of carbonyl (C=O) groups excluding carboxylic acids is 1. The number of hydrogen-bond donors (Lipinski definition) is 2. The molecular formula is C15H27NO3. The number of aliphatic carboxylic acids is 1. The molecule has 0 aliphatic rings. The summed E-state index contributed by atoms with van der Waals surface area (Å²) >= 11 is 0. The lowest BCUT2D eigenvalue weighted by Gasteiger charge is -2.08. The minimum absolute atomic E-state index is 0.189. The van der Waals surface area contributed by atoms with Crippen LogP contribution in [0.3, 0.4) is 0 Å². The van der Waals surface area contributed by atoms with Crippen LogP contribution >= 0.6 is 0 Å². The van der Waals surface area contributed by atoms with Crippen LogP contribution in [0.5, 0.6) is 0 Å². The molecule has 1 atom stereocenters. The summed E-state index contributed by atoms with van der Waals surface area (Å²) in [5.41, 5.74) is 0. The first-order valence-corrected chi connectivity index (χ1v) is 7.25. The Morgan fingerprint density at radius 1 is 1.11 bits per heavy atom. The van der Waals surface area contributed by atoms with Crippen molar-refractivity contribution in [1.82, 2.24) is 5.32 Å². The van der Waals surface area contributed by atoms with Crippen LogP contribution in [0, 0.1) is 0 Å². The van der Waals surface area contributed by atoms with Crippen molar-refractivity contribution < 1.29 is 14.7 Å². The van der Waals surface area contributed by atoms with Crippen LogP contribution in [-0.4, -0.2) is 23.0 Å². The SMILES string of the molecule is CCCCCCC=CCCCC(=O)NC(C)C(=O)O. The lowest BCUT2D eigenvalue weighted by molar-refractivity contribution is -0.141. The number of carboxylic acids is 1. The van der Waals surface area contributed by atoms with Gasteiger partial charge in [-0.25, -0.2) is 0 Å². The number of carboxylic acid groups (broad SMARTS) is 1. The maximum Gasteiger partial charge on any atom is 0.325 e. The Labute approximate surface area is 116 Å². The van der Waals surface area contributed by atoms with Gasteiger partial charge in [0.15, 0.2) is 0 Å². The molecule has 0 saturated heterocycles. The lowest BCUT2D eigenvalue weighted by Crippen LogP contribution is -2.38. The van der Waals surface area contributed by atoms with Crippen molar-refractivity contribution in [2.24, 2.45) is 0 Å². The first-order valence-electron chi connectivity index (χ1n) is 7.25. The Kier molecular flexibility index (Phi) is 10.9. The van der Waals surface area contributed by atoms with Crippen LogP contribution in [-0.2, 0) is 9.59 Å². The second-order valence-corrected chi connectivity index (χ2v) is 4.84. The van der Waals surface area contributed by atoms with Gasteiger partial charge < -0.3 is 10.4 Å². The fourth-order valence-corrected chi connectivity index (χ4v) is 1.68. The minimum atomic E-state index is -1.000. The van der Waals surface area contributed by atoms with Gasteiger partial charge in [-0.3, -0.25) is 9.59 Å². The Bertz CT molecular complexity index is 287. The second-order valence-electron chi connectivity index (χ2n) is 4.84. The molecule has 0 aromatic heterocycles. The molecule has 4 nitrogen and oxygen atoms in total. The largest absolute Gasteiger partial charge is 0.480 e. The van der Waals surface area contributed by atoms with E-state index < -0.39 is 12.0 Å². The van der Waals surface area contributed by atoms with E-state index in [-0.39, 0.29) is 5.91 Å². The van der Waals surface area contributed by atoms with Gasteiger partial charge in [-0.15, -0.1) is 0 Å². The summed E-state index contributed by atoms with van der Waals surface area (Å²) < 4.78 is 0. The summed E-state index contributed by atoms with van der Waals surface area (Å²) in [5, 5.41) is 11.1. The molecule has 0 heterocycles. The van der Waals surface area contributed by atoms with Gasteiger partial charge in [0.1, 0.15) is 6.04 Å². The van der Waals surface area contributed by atoms with Crippen LogP contribution in [0.1, 0.15) is 65.2 Å². The predicted octanol–water partition coefficient (Wildman–Crippen LogP) is 3.27. The van der Waals surface area contributed by atoms with E-state index >= 15 is 0 Å². The van der Waals surface area contributed by atoms with E-state index in [4.69, 9.17) is 5.11 Å². The minimum Gasteiger partial charge on any atom is -0.480 e. The van der Waals surface area contributed by atoms with Crippen molar-refractivity contribution in [1.29, 1.82) is 0 Å². The monoisotopic (exact) mass is 269 g/mol. The average Bonchev–Trinajstić information content (AvgIpc) is 2.36. The highest BCUT2D eigenvalue weighted by Crippen LogP contribution is 2.04. The summed E-state index contributed by atoms with van der Waals surface area (Å²) in [6, 6.07) is -0.804. The smallest absolute Gasteiger partial charge is 0.325 e. The number of nitrogens with one attached hydrogen (secondary N) is 1. The Balaban J connectivity index is 3.45. The summed E-state index contributed by atoms with van der Waals surface area (Å²) in [6.45, 7) is 3.67. The molecule has 0 spiro atoms. The molecule has 0 saturated carbocycles. The van der Waals surface area contributed by atoms with Crippen molar-refractivity contribution in [3.63, 3.8) is 0 Å². The maximum atomic E-state index is 11.4. The topological polar surface area (TPSA) is 66.4 Å². The summed E-state index contributed by atoms with van der Waals surface area (Å²) in [4.78, 5) is 21.9. The van der Waals surface area contributed by atoms with Crippen LogP contribution < -0.4 is 5.32 Å². The van der Waals surface area contributed by atoms with E-state index in [0.717, 1.165) is 19.3 Å². The third-order valence-corrected chi connectivity index (χ3v) is 2.91. The van der Waals surface area contributed by atoms with Crippen molar-refractivity contribution in [2.75, 3.05) is 0 Å². The van der Waals surface area contributed by atoms with E-state index in [1.165, 1.54) is 32.6 Å². The molecule has 0 bridgehead atoms. The van der Waals surface area contributed by atoms with Gasteiger partial charge in [0.25, 0.3) is 0 Å². The van der Waals surface area contributed by atoms with E-state index in [1.807, 2.05) is 0 Å². The quantitative estimate of drug-likeness (QED) is 0.447. The van der Waals surface area contributed by atoms with E-state index in [1.54, 1.807) is 0 Å². The van der Waals surface area contributed by atoms with Gasteiger partial charge in [-0.1, -0.05) is 38.3 Å². The molecule has 0 aliphatic carbocycles. The summed E-state index contributed by atoms with van der Waals surface area (Å²) in [7, 11) is 0. The van der Waals surface area contributed by atoms with E-state index in [9.17, 15) is 9.59 Å². The normalized spacial score (nSPS) is 12.5. The molecule has 0 rings (SSSR count). The third-order valence-electron chi connectivity index (χ3n) is 2.91. The number of amides is 1. The fourth-order valence-electron chi connectivity index (χ4n) is 1.68. The Morgan fingerprint density at radius 2 is 1.74 bits per heavy atom. The molecule has 0 radical (unpaired) electrons. The lowest BCUT2D eigenvalue weighted by atomic mass is 10.1. The zero-order valence-electron chi connectivity index (χ0n) is 12.2. The molecule has 1 unspecified atom stereocenters. The number of allylic oxidation sites excluding steroid dienone is 2. The van der Waals surface area contributed by atoms with Gasteiger partial charge >= 0.3 is 5.97 Å². The molecular weight excluding hydrogens is 242 g/mol. The van der Waals surface area contributed by atoms with E-state index in [0.29, 0.717) is 6.42 Å². The third kappa shape index (κ3) is 11.5. The Morgan fingerprint density at radius 3 is 2.32 bits per heavy atom. The molecule has 4 heteroatoms. The zero-order chi connectivity index (χ0) is 14.5. The average molecular weight is 269 g/mol. The highest BCUT2D eigenvalue weighted by atomic mass is 16.4. The standard InChI is InChI=1S/C15H27NO3/c1-3-4-5-6-7-8-9-10-11-12-14(17)16-13(2)15(18)19/h8-9,13H,3-7,10-12H2,1-2H3,(H,16,17)(H,18,19). The first-order chi connectivity index (χ1) is 9.07. The van der Waals surface area contributed by atoms with Crippen molar-refractivity contribution in [3.8, 4) is 0 Å². The molecule has 0 fully saturated rings. The Hall–Kier alpha value is -1.32. The van der Waals surface area contributed by atoms with Gasteiger partial charge in [0.2, 0.25) is 5.91 Å².